The molecule has 9 nitrogen and oxygen atoms in total. The van der Waals surface area contributed by atoms with Gasteiger partial charge in [0.25, 0.3) is 15.7 Å². The van der Waals surface area contributed by atoms with E-state index in [-0.39, 0.29) is 22.4 Å². The lowest BCUT2D eigenvalue weighted by molar-refractivity contribution is -0.384. The number of hydrogen-bond donors (Lipinski definition) is 1. The summed E-state index contributed by atoms with van der Waals surface area (Å²) in [6.07, 6.45) is 4.61. The molecule has 1 aliphatic rings. The lowest BCUT2D eigenvalue weighted by Gasteiger charge is -2.24. The van der Waals surface area contributed by atoms with Gasteiger partial charge < -0.3 is 10.1 Å². The number of anilines is 2. The third kappa shape index (κ3) is 5.96. The molecule has 3 aromatic rings. The smallest absolute Gasteiger partial charge is 0.269 e. The fraction of sp³-hybridized carbons (Fsp3) is 0.240. The molecule has 1 amide bonds. The Labute approximate surface area is 203 Å². The van der Waals surface area contributed by atoms with Crippen molar-refractivity contribution >= 4 is 33.0 Å². The molecular formula is C25H25N3O6S. The van der Waals surface area contributed by atoms with Crippen LogP contribution < -0.4 is 14.4 Å². The lowest BCUT2D eigenvalue weighted by atomic mass is 10.2. The quantitative estimate of drug-likeness (QED) is 0.338. The first-order valence-electron chi connectivity index (χ1n) is 11.2. The normalized spacial score (nSPS) is 13.8. The summed E-state index contributed by atoms with van der Waals surface area (Å²) in [6, 6.07) is 19.6. The van der Waals surface area contributed by atoms with Crippen LogP contribution in [-0.2, 0) is 14.8 Å². The molecule has 1 fully saturated rings. The monoisotopic (exact) mass is 495 g/mol. The van der Waals surface area contributed by atoms with Crippen molar-refractivity contribution in [2.24, 2.45) is 0 Å². The van der Waals surface area contributed by atoms with E-state index in [0.717, 1.165) is 30.0 Å². The molecule has 1 N–H and O–H groups in total. The number of amides is 1. The zero-order valence-electron chi connectivity index (χ0n) is 18.9. The van der Waals surface area contributed by atoms with Gasteiger partial charge in [0.1, 0.15) is 12.3 Å². The Morgan fingerprint density at radius 3 is 2.20 bits per heavy atom. The van der Waals surface area contributed by atoms with E-state index < -0.39 is 27.4 Å². The van der Waals surface area contributed by atoms with Crippen molar-refractivity contribution in [1.29, 1.82) is 0 Å². The van der Waals surface area contributed by atoms with Gasteiger partial charge in [-0.3, -0.25) is 19.2 Å². The van der Waals surface area contributed by atoms with Crippen LogP contribution in [0.5, 0.6) is 5.75 Å². The number of nitro groups is 1. The maximum atomic E-state index is 13.3. The number of benzene rings is 3. The average Bonchev–Trinajstić information content (AvgIpc) is 3.37. The summed E-state index contributed by atoms with van der Waals surface area (Å²) >= 11 is 0. The number of carbonyl (C=O) groups excluding carboxylic acids is 1. The molecule has 1 saturated carbocycles. The Balaban J connectivity index is 1.52. The number of hydrogen-bond acceptors (Lipinski definition) is 6. The fourth-order valence-electron chi connectivity index (χ4n) is 3.92. The van der Waals surface area contributed by atoms with Gasteiger partial charge in [-0.2, -0.15) is 0 Å². The molecule has 0 unspecified atom stereocenters. The van der Waals surface area contributed by atoms with Crippen LogP contribution in [0.1, 0.15) is 25.7 Å². The van der Waals surface area contributed by atoms with E-state index in [9.17, 15) is 23.3 Å². The Kier molecular flexibility index (Phi) is 7.31. The highest BCUT2D eigenvalue weighted by Crippen LogP contribution is 2.27. The molecule has 182 valence electrons. The second-order valence-corrected chi connectivity index (χ2v) is 10.1. The molecule has 1 aliphatic carbocycles. The first-order valence-corrected chi connectivity index (χ1v) is 12.7. The van der Waals surface area contributed by atoms with Crippen LogP contribution in [0.3, 0.4) is 0 Å². The van der Waals surface area contributed by atoms with Crippen molar-refractivity contribution < 1.29 is 22.9 Å². The molecule has 0 aliphatic heterocycles. The fourth-order valence-corrected chi connectivity index (χ4v) is 5.36. The van der Waals surface area contributed by atoms with E-state index >= 15 is 0 Å². The van der Waals surface area contributed by atoms with Crippen molar-refractivity contribution in [1.82, 2.24) is 0 Å². The van der Waals surface area contributed by atoms with Gasteiger partial charge in [-0.15, -0.1) is 0 Å². The molecule has 0 atom stereocenters. The molecule has 3 aromatic carbocycles. The second kappa shape index (κ2) is 10.6. The van der Waals surface area contributed by atoms with Gasteiger partial charge in [0, 0.05) is 17.8 Å². The van der Waals surface area contributed by atoms with Gasteiger partial charge in [0.15, 0.2) is 0 Å². The van der Waals surface area contributed by atoms with E-state index in [4.69, 9.17) is 4.74 Å². The Morgan fingerprint density at radius 2 is 1.60 bits per heavy atom. The maximum absolute atomic E-state index is 13.3. The van der Waals surface area contributed by atoms with Gasteiger partial charge in [-0.05, 0) is 74.2 Å². The number of carbonyl (C=O) groups is 1. The Bertz CT molecular complexity index is 1270. The Hall–Kier alpha value is -3.92. The molecule has 0 saturated heterocycles. The molecule has 0 radical (unpaired) electrons. The van der Waals surface area contributed by atoms with Gasteiger partial charge in [-0.25, -0.2) is 8.42 Å². The highest BCUT2D eigenvalue weighted by Gasteiger charge is 2.27. The third-order valence-electron chi connectivity index (χ3n) is 5.71. The van der Waals surface area contributed by atoms with Crippen LogP contribution in [0.25, 0.3) is 0 Å². The molecule has 0 heterocycles. The molecule has 10 heteroatoms. The molecule has 4 rings (SSSR count). The van der Waals surface area contributed by atoms with Crippen molar-refractivity contribution in [3.05, 3.63) is 89.0 Å². The average molecular weight is 496 g/mol. The molecular weight excluding hydrogens is 470 g/mol. The zero-order valence-corrected chi connectivity index (χ0v) is 19.7. The van der Waals surface area contributed by atoms with Crippen LogP contribution in [0.2, 0.25) is 0 Å². The standard InChI is InChI=1S/C25H25N3O6S/c29-25(26-19-10-16-23(17-11-19)34-22-6-4-5-7-22)18-27(20-12-14-21(15-13-20)28(30)31)35(32,33)24-8-2-1-3-9-24/h1-3,8-17,22H,4-7,18H2,(H,26,29). The van der Waals surface area contributed by atoms with E-state index in [1.807, 2.05) is 0 Å². The van der Waals surface area contributed by atoms with Gasteiger partial charge >= 0.3 is 0 Å². The number of rotatable bonds is 9. The summed E-state index contributed by atoms with van der Waals surface area (Å²) < 4.78 is 33.5. The summed E-state index contributed by atoms with van der Waals surface area (Å²) in [4.78, 5) is 23.3. The van der Waals surface area contributed by atoms with Crippen molar-refractivity contribution in [2.45, 2.75) is 36.7 Å². The lowest BCUT2D eigenvalue weighted by Crippen LogP contribution is -2.38. The third-order valence-corrected chi connectivity index (χ3v) is 7.50. The second-order valence-electron chi connectivity index (χ2n) is 8.20. The predicted octanol–water partition coefficient (Wildman–Crippen LogP) is 4.75. The Morgan fingerprint density at radius 1 is 0.971 bits per heavy atom. The number of non-ortho nitro benzene ring substituents is 1. The minimum absolute atomic E-state index is 0.000401. The first kappa shape index (κ1) is 24.2. The van der Waals surface area contributed by atoms with Crippen LogP contribution >= 0.6 is 0 Å². The highest BCUT2D eigenvalue weighted by molar-refractivity contribution is 7.92. The number of nitro benzene ring substituents is 1. The summed E-state index contributed by atoms with van der Waals surface area (Å²) in [7, 11) is -4.11. The highest BCUT2D eigenvalue weighted by atomic mass is 32.2. The predicted molar refractivity (Wildman–Crippen MR) is 132 cm³/mol. The van der Waals surface area contributed by atoms with E-state index in [0.29, 0.717) is 11.4 Å². The summed E-state index contributed by atoms with van der Waals surface area (Å²) in [5.41, 5.74) is 0.444. The van der Waals surface area contributed by atoms with Crippen LogP contribution in [0.15, 0.2) is 83.8 Å². The zero-order chi connectivity index (χ0) is 24.8. The first-order chi connectivity index (χ1) is 16.8. The van der Waals surface area contributed by atoms with Crippen LogP contribution in [0, 0.1) is 10.1 Å². The number of sulfonamides is 1. The van der Waals surface area contributed by atoms with Gasteiger partial charge in [0.05, 0.1) is 21.6 Å². The maximum Gasteiger partial charge on any atom is 0.269 e. The van der Waals surface area contributed by atoms with Crippen molar-refractivity contribution in [3.63, 3.8) is 0 Å². The largest absolute Gasteiger partial charge is 0.490 e. The minimum Gasteiger partial charge on any atom is -0.490 e. The van der Waals surface area contributed by atoms with Gasteiger partial charge in [0.2, 0.25) is 5.91 Å². The number of nitrogens with one attached hydrogen (secondary N) is 1. The topological polar surface area (TPSA) is 119 Å². The van der Waals surface area contributed by atoms with E-state index in [1.54, 1.807) is 42.5 Å². The molecule has 0 spiro atoms. The van der Waals surface area contributed by atoms with E-state index in [1.165, 1.54) is 36.4 Å². The number of ether oxygens (including phenoxy) is 1. The molecule has 0 bridgehead atoms. The SMILES string of the molecule is O=C(CN(c1ccc([N+](=O)[O-])cc1)S(=O)(=O)c1ccccc1)Nc1ccc(OC2CCCC2)cc1. The van der Waals surface area contributed by atoms with Crippen molar-refractivity contribution in [2.75, 3.05) is 16.2 Å². The van der Waals surface area contributed by atoms with E-state index in [2.05, 4.69) is 5.32 Å². The van der Waals surface area contributed by atoms with Crippen LogP contribution in [-0.4, -0.2) is 31.9 Å². The summed E-state index contributed by atoms with van der Waals surface area (Å²) in [5.74, 6) is 0.154. The molecule has 0 aromatic heterocycles. The minimum atomic E-state index is -4.11. The molecule has 35 heavy (non-hydrogen) atoms. The summed E-state index contributed by atoms with van der Waals surface area (Å²) in [5, 5.41) is 13.7. The van der Waals surface area contributed by atoms with Gasteiger partial charge in [-0.1, -0.05) is 18.2 Å². The van der Waals surface area contributed by atoms with Crippen LogP contribution in [0.4, 0.5) is 17.1 Å². The summed E-state index contributed by atoms with van der Waals surface area (Å²) in [6.45, 7) is -0.518. The van der Waals surface area contributed by atoms with Crippen molar-refractivity contribution in [3.8, 4) is 5.75 Å². The number of nitrogens with zero attached hydrogens (tertiary/aromatic N) is 2.